The second-order valence-electron chi connectivity index (χ2n) is 6.34. The molecule has 0 unspecified atom stereocenters. The number of nitrogens with zero attached hydrogens (tertiary/aromatic N) is 1. The average molecular weight is 487 g/mol. The molecule has 1 fully saturated rings. The predicted molar refractivity (Wildman–Crippen MR) is 111 cm³/mol. The number of allylic oxidation sites excluding steroid dienone is 1. The number of hydrogen-bond donors (Lipinski definition) is 1. The Morgan fingerprint density at radius 1 is 1.26 bits per heavy atom. The first-order valence-corrected chi connectivity index (χ1v) is 11.6. The van der Waals surface area contributed by atoms with E-state index in [-0.39, 0.29) is 0 Å². The van der Waals surface area contributed by atoms with Crippen molar-refractivity contribution in [3.8, 4) is 0 Å². The van der Waals surface area contributed by atoms with Crippen molar-refractivity contribution in [2.75, 3.05) is 5.32 Å². The molecule has 1 saturated carbocycles. The van der Waals surface area contributed by atoms with E-state index in [1.807, 2.05) is 0 Å². The van der Waals surface area contributed by atoms with Crippen LogP contribution in [0.4, 0.5) is 5.69 Å². The molecule has 3 rings (SSSR count). The van der Waals surface area contributed by atoms with Gasteiger partial charge in [-0.15, -0.1) is 0 Å². The molecular weight excluding hydrogens is 462 g/mol. The van der Waals surface area contributed by atoms with Gasteiger partial charge in [-0.25, -0.2) is 0 Å². The summed E-state index contributed by atoms with van der Waals surface area (Å²) in [4.78, 5) is 5.10. The van der Waals surface area contributed by atoms with E-state index in [1.165, 1.54) is 70.9 Å². The van der Waals surface area contributed by atoms with Crippen molar-refractivity contribution >= 4 is 52.4 Å². The van der Waals surface area contributed by atoms with Gasteiger partial charge in [0.15, 0.2) is 0 Å². The molecule has 0 radical (unpaired) electrons. The van der Waals surface area contributed by atoms with Crippen LogP contribution >= 0.6 is 22.6 Å². The Bertz CT molecular complexity index is 603. The molecule has 1 aromatic rings. The molecule has 124 valence electrons. The van der Waals surface area contributed by atoms with Gasteiger partial charge in [-0.05, 0) is 0 Å². The number of halogens is 1. The Balaban J connectivity index is 1.88. The molecule has 23 heavy (non-hydrogen) atoms. The van der Waals surface area contributed by atoms with Crippen LogP contribution < -0.4 is 5.32 Å². The number of hydrogen-bond acceptors (Lipinski definition) is 1. The van der Waals surface area contributed by atoms with Gasteiger partial charge < -0.3 is 0 Å². The molecule has 1 N–H and O–H groups in total. The fourth-order valence-electron chi connectivity index (χ4n) is 3.16. The number of aliphatic imine (C=N–C) groups is 1. The number of unbranched alkanes of at least 4 members (excludes halogenated alkanes) is 1. The van der Waals surface area contributed by atoms with Gasteiger partial charge in [-0.3, -0.25) is 0 Å². The summed E-state index contributed by atoms with van der Waals surface area (Å²) in [5, 5.41) is 3.63. The van der Waals surface area contributed by atoms with Gasteiger partial charge in [-0.2, -0.15) is 0 Å². The van der Waals surface area contributed by atoms with Crippen LogP contribution in [-0.2, 0) is 0 Å². The van der Waals surface area contributed by atoms with Crippen molar-refractivity contribution in [1.82, 2.24) is 0 Å². The molecular formula is C19H25IN2Se. The minimum atomic E-state index is 0.316. The van der Waals surface area contributed by atoms with Gasteiger partial charge in [0, 0.05) is 0 Å². The molecule has 2 aliphatic rings. The van der Waals surface area contributed by atoms with Crippen LogP contribution in [0, 0.1) is 0 Å². The molecule has 1 aromatic carbocycles. The zero-order valence-corrected chi connectivity index (χ0v) is 17.6. The summed E-state index contributed by atoms with van der Waals surface area (Å²) < 4.78 is 4.33. The summed E-state index contributed by atoms with van der Waals surface area (Å²) in [6.45, 7) is 2.27. The quantitative estimate of drug-likeness (QED) is 0.422. The minimum absolute atomic E-state index is 0.316. The Hall–Kier alpha value is -0.321. The number of nitrogens with one attached hydrogen (secondary N) is 1. The molecule has 0 saturated heterocycles. The summed E-state index contributed by atoms with van der Waals surface area (Å²) in [5.41, 5.74) is 2.64. The van der Waals surface area contributed by atoms with Crippen molar-refractivity contribution in [2.45, 2.75) is 64.3 Å². The van der Waals surface area contributed by atoms with E-state index >= 15 is 0 Å². The molecule has 1 aliphatic carbocycles. The van der Waals surface area contributed by atoms with Crippen LogP contribution in [0.15, 0.2) is 32.8 Å². The summed E-state index contributed by atoms with van der Waals surface area (Å²) in [7, 11) is 0. The first-order valence-electron chi connectivity index (χ1n) is 8.78. The van der Waals surface area contributed by atoms with Gasteiger partial charge in [0.2, 0.25) is 0 Å². The Labute approximate surface area is 159 Å². The molecule has 0 bridgehead atoms. The van der Waals surface area contributed by atoms with Crippen LogP contribution in [-0.4, -0.2) is 25.7 Å². The van der Waals surface area contributed by atoms with Gasteiger partial charge in [0.25, 0.3) is 0 Å². The monoisotopic (exact) mass is 488 g/mol. The number of anilines is 1. The fourth-order valence-corrected chi connectivity index (χ4v) is 6.63. The summed E-state index contributed by atoms with van der Waals surface area (Å²) >= 11 is 2.89. The Morgan fingerprint density at radius 2 is 2.04 bits per heavy atom. The Kier molecular flexibility index (Phi) is 6.61. The molecule has 4 heteroatoms. The van der Waals surface area contributed by atoms with Crippen LogP contribution in [0.25, 0.3) is 4.47 Å². The van der Waals surface area contributed by atoms with Crippen LogP contribution in [0.2, 0.25) is 0 Å². The van der Waals surface area contributed by atoms with Crippen molar-refractivity contribution in [1.29, 1.82) is 0 Å². The molecule has 0 spiro atoms. The summed E-state index contributed by atoms with van der Waals surface area (Å²) in [6, 6.07) is 9.29. The van der Waals surface area contributed by atoms with E-state index in [9.17, 15) is 0 Å². The van der Waals surface area contributed by atoms with Crippen LogP contribution in [0.1, 0.15) is 63.9 Å². The number of benzene rings is 1. The maximum absolute atomic E-state index is 5.10. The SMILES string of the molecule is CCCC/C(I)=C1/[Se]C(=NC2CCCCC2)Nc2ccccc21. The normalized spacial score (nSPS) is 22.6. The molecule has 1 heterocycles. The zero-order valence-electron chi connectivity index (χ0n) is 13.8. The third kappa shape index (κ3) is 4.61. The topological polar surface area (TPSA) is 24.4 Å². The molecule has 0 atom stereocenters. The van der Waals surface area contributed by atoms with Crippen molar-refractivity contribution in [3.05, 3.63) is 33.4 Å². The number of amidine groups is 1. The standard InChI is InChI=1S/C19H25IN2Se/c1-2-3-12-16(20)18-15-11-7-8-13-17(15)22-19(23-18)21-14-9-5-4-6-10-14/h7-8,11,13-14H,2-6,9-10,12H2,1H3,(H,21,22)/b18-16-. The van der Waals surface area contributed by atoms with Crippen molar-refractivity contribution in [3.63, 3.8) is 0 Å². The van der Waals surface area contributed by atoms with E-state index in [0.29, 0.717) is 21.0 Å². The average Bonchev–Trinajstić information content (AvgIpc) is 2.60. The molecule has 0 amide bonds. The number of fused-ring (bicyclic) bond motifs is 1. The second kappa shape index (κ2) is 8.68. The van der Waals surface area contributed by atoms with Gasteiger partial charge in [0.05, 0.1) is 0 Å². The number of para-hydroxylation sites is 1. The van der Waals surface area contributed by atoms with Crippen molar-refractivity contribution in [2.24, 2.45) is 4.99 Å². The third-order valence-corrected chi connectivity index (χ3v) is 8.63. The maximum atomic E-state index is 5.10. The first-order chi connectivity index (χ1) is 11.3. The van der Waals surface area contributed by atoms with Crippen LogP contribution in [0.5, 0.6) is 0 Å². The predicted octanol–water partition coefficient (Wildman–Crippen LogP) is 5.80. The molecule has 0 aromatic heterocycles. The van der Waals surface area contributed by atoms with Crippen molar-refractivity contribution < 1.29 is 0 Å². The van der Waals surface area contributed by atoms with Gasteiger partial charge in [-0.1, -0.05) is 0 Å². The molecule has 1 aliphatic heterocycles. The fraction of sp³-hybridized carbons (Fsp3) is 0.526. The first kappa shape index (κ1) is 17.5. The zero-order chi connectivity index (χ0) is 16.1. The summed E-state index contributed by atoms with van der Waals surface area (Å²) in [5.74, 6) is 0. The van der Waals surface area contributed by atoms with Gasteiger partial charge in [0.1, 0.15) is 0 Å². The van der Waals surface area contributed by atoms with E-state index in [0.717, 1.165) is 0 Å². The van der Waals surface area contributed by atoms with E-state index < -0.39 is 0 Å². The van der Waals surface area contributed by atoms with Crippen LogP contribution in [0.3, 0.4) is 0 Å². The van der Waals surface area contributed by atoms with E-state index in [2.05, 4.69) is 59.1 Å². The van der Waals surface area contributed by atoms with E-state index in [4.69, 9.17) is 4.99 Å². The Morgan fingerprint density at radius 3 is 2.83 bits per heavy atom. The number of rotatable bonds is 4. The second-order valence-corrected chi connectivity index (χ2v) is 9.73. The molecule has 2 nitrogen and oxygen atoms in total. The van der Waals surface area contributed by atoms with Gasteiger partial charge >= 0.3 is 160 Å². The van der Waals surface area contributed by atoms with E-state index in [1.54, 1.807) is 4.47 Å². The summed E-state index contributed by atoms with van der Waals surface area (Å²) in [6.07, 6.45) is 10.4. The third-order valence-electron chi connectivity index (χ3n) is 4.48.